The van der Waals surface area contributed by atoms with Crippen molar-refractivity contribution in [1.29, 1.82) is 0 Å². The van der Waals surface area contributed by atoms with E-state index in [1.165, 1.54) is 0 Å². The second kappa shape index (κ2) is 8.76. The molecule has 0 aliphatic carbocycles. The summed E-state index contributed by atoms with van der Waals surface area (Å²) in [6.07, 6.45) is -1.50. The van der Waals surface area contributed by atoms with E-state index in [1.54, 1.807) is 0 Å². The van der Waals surface area contributed by atoms with Crippen LogP contribution in [-0.4, -0.2) is 48.0 Å². The summed E-state index contributed by atoms with van der Waals surface area (Å²) < 4.78 is 5.37. The molecule has 0 bridgehead atoms. The molecule has 0 aliphatic rings. The highest BCUT2D eigenvalue weighted by Crippen LogP contribution is 2.07. The second-order valence-electron chi connectivity index (χ2n) is 3.99. The first kappa shape index (κ1) is 15.8. The van der Waals surface area contributed by atoms with Gasteiger partial charge in [0.05, 0.1) is 6.54 Å². The fourth-order valence-electron chi connectivity index (χ4n) is 1.36. The highest BCUT2D eigenvalue weighted by atomic mass is 16.5. The van der Waals surface area contributed by atoms with Crippen LogP contribution in [0.1, 0.15) is 6.42 Å². The number of carbonyl (C=O) groups excluding carboxylic acids is 1. The number of ether oxygens (including phenoxy) is 1. The summed E-state index contributed by atoms with van der Waals surface area (Å²) in [7, 11) is 0. The topological polar surface area (TPSA) is 108 Å². The lowest BCUT2D eigenvalue weighted by atomic mass is 10.2. The Bertz CT molecular complexity index is 424. The SMILES string of the molecule is O=C(NCCOc1ccccc1)NCCC(O)C(=O)O. The molecular formula is C13H18N2O5. The normalized spacial score (nSPS) is 11.4. The molecule has 0 spiro atoms. The lowest BCUT2D eigenvalue weighted by Crippen LogP contribution is -2.39. The molecule has 0 aromatic heterocycles. The van der Waals surface area contributed by atoms with Gasteiger partial charge in [0, 0.05) is 13.0 Å². The minimum atomic E-state index is -1.46. The Hall–Kier alpha value is -2.28. The number of carboxylic acid groups (broad SMARTS) is 1. The average molecular weight is 282 g/mol. The lowest BCUT2D eigenvalue weighted by Gasteiger charge is -2.09. The Kier molecular flexibility index (Phi) is 6.91. The Morgan fingerprint density at radius 3 is 2.45 bits per heavy atom. The molecule has 4 N–H and O–H groups in total. The highest BCUT2D eigenvalue weighted by molar-refractivity contribution is 5.74. The van der Waals surface area contributed by atoms with Crippen molar-refractivity contribution in [3.8, 4) is 5.75 Å². The van der Waals surface area contributed by atoms with Crippen LogP contribution in [0.2, 0.25) is 0 Å². The molecule has 0 saturated heterocycles. The number of nitrogens with one attached hydrogen (secondary N) is 2. The van der Waals surface area contributed by atoms with Crippen LogP contribution >= 0.6 is 0 Å². The van der Waals surface area contributed by atoms with Gasteiger partial charge in [-0.25, -0.2) is 9.59 Å². The third kappa shape index (κ3) is 6.60. The van der Waals surface area contributed by atoms with Crippen LogP contribution in [-0.2, 0) is 4.79 Å². The number of amides is 2. The Morgan fingerprint density at radius 2 is 1.80 bits per heavy atom. The average Bonchev–Trinajstić information content (AvgIpc) is 2.44. The summed E-state index contributed by atoms with van der Waals surface area (Å²) in [5.41, 5.74) is 0. The number of benzene rings is 1. The molecule has 1 atom stereocenters. The zero-order valence-corrected chi connectivity index (χ0v) is 10.9. The molecule has 7 heteroatoms. The first-order chi connectivity index (χ1) is 9.59. The van der Waals surface area contributed by atoms with Crippen molar-refractivity contribution in [2.45, 2.75) is 12.5 Å². The molecule has 0 saturated carbocycles. The Labute approximate surface area is 116 Å². The van der Waals surface area contributed by atoms with Gasteiger partial charge in [0.15, 0.2) is 6.10 Å². The standard InChI is InChI=1S/C13H18N2O5/c16-11(12(17)18)6-7-14-13(19)15-8-9-20-10-4-2-1-3-5-10/h1-5,11,16H,6-9H2,(H,17,18)(H2,14,15,19). The van der Waals surface area contributed by atoms with Crippen molar-refractivity contribution in [3.63, 3.8) is 0 Å². The first-order valence-corrected chi connectivity index (χ1v) is 6.20. The van der Waals surface area contributed by atoms with Crippen molar-refractivity contribution < 1.29 is 24.5 Å². The van der Waals surface area contributed by atoms with Gasteiger partial charge in [-0.1, -0.05) is 18.2 Å². The lowest BCUT2D eigenvalue weighted by molar-refractivity contribution is -0.146. The van der Waals surface area contributed by atoms with Gasteiger partial charge in [0.2, 0.25) is 0 Å². The van der Waals surface area contributed by atoms with Crippen molar-refractivity contribution in [2.24, 2.45) is 0 Å². The van der Waals surface area contributed by atoms with E-state index in [0.717, 1.165) is 5.75 Å². The predicted octanol–water partition coefficient (Wildman–Crippen LogP) is 0.200. The van der Waals surface area contributed by atoms with Gasteiger partial charge in [-0.2, -0.15) is 0 Å². The molecule has 0 aliphatic heterocycles. The van der Waals surface area contributed by atoms with E-state index in [-0.39, 0.29) is 13.0 Å². The second-order valence-corrected chi connectivity index (χ2v) is 3.99. The molecule has 0 radical (unpaired) electrons. The number of aliphatic hydroxyl groups is 1. The molecule has 1 aromatic rings. The van der Waals surface area contributed by atoms with Gasteiger partial charge in [-0.15, -0.1) is 0 Å². The number of aliphatic hydroxyl groups excluding tert-OH is 1. The van der Waals surface area contributed by atoms with E-state index in [2.05, 4.69) is 10.6 Å². The fourth-order valence-corrected chi connectivity index (χ4v) is 1.36. The van der Waals surface area contributed by atoms with E-state index < -0.39 is 18.1 Å². The minimum absolute atomic E-state index is 0.0384. The van der Waals surface area contributed by atoms with E-state index >= 15 is 0 Å². The molecule has 7 nitrogen and oxygen atoms in total. The quantitative estimate of drug-likeness (QED) is 0.509. The van der Waals surface area contributed by atoms with E-state index in [1.807, 2.05) is 30.3 Å². The fraction of sp³-hybridized carbons (Fsp3) is 0.385. The van der Waals surface area contributed by atoms with Gasteiger partial charge < -0.3 is 25.6 Å². The number of carbonyl (C=O) groups is 2. The molecule has 1 aromatic carbocycles. The van der Waals surface area contributed by atoms with Crippen molar-refractivity contribution >= 4 is 12.0 Å². The van der Waals surface area contributed by atoms with Crippen LogP contribution in [0.5, 0.6) is 5.75 Å². The van der Waals surface area contributed by atoms with Crippen LogP contribution < -0.4 is 15.4 Å². The molecule has 110 valence electrons. The van der Waals surface area contributed by atoms with E-state index in [9.17, 15) is 9.59 Å². The summed E-state index contributed by atoms with van der Waals surface area (Å²) >= 11 is 0. The molecule has 2 amide bonds. The van der Waals surface area contributed by atoms with Gasteiger partial charge >= 0.3 is 12.0 Å². The third-order valence-electron chi connectivity index (χ3n) is 2.39. The van der Waals surface area contributed by atoms with Gasteiger partial charge in [0.1, 0.15) is 12.4 Å². The van der Waals surface area contributed by atoms with Crippen LogP contribution in [0.15, 0.2) is 30.3 Å². The molecule has 20 heavy (non-hydrogen) atoms. The van der Waals surface area contributed by atoms with E-state index in [4.69, 9.17) is 14.9 Å². The van der Waals surface area contributed by atoms with Crippen molar-refractivity contribution in [3.05, 3.63) is 30.3 Å². The van der Waals surface area contributed by atoms with Gasteiger partial charge in [0.25, 0.3) is 0 Å². The minimum Gasteiger partial charge on any atom is -0.492 e. The number of para-hydroxylation sites is 1. The number of urea groups is 1. The maximum absolute atomic E-state index is 11.3. The third-order valence-corrected chi connectivity index (χ3v) is 2.39. The number of hydrogen-bond donors (Lipinski definition) is 4. The first-order valence-electron chi connectivity index (χ1n) is 6.20. The van der Waals surface area contributed by atoms with Crippen molar-refractivity contribution in [2.75, 3.05) is 19.7 Å². The number of carboxylic acids is 1. The predicted molar refractivity (Wildman–Crippen MR) is 71.6 cm³/mol. The molecular weight excluding hydrogens is 264 g/mol. The summed E-state index contributed by atoms with van der Waals surface area (Å²) in [6.45, 7) is 0.732. The van der Waals surface area contributed by atoms with Crippen LogP contribution in [0.25, 0.3) is 0 Å². The summed E-state index contributed by atoms with van der Waals surface area (Å²) in [4.78, 5) is 21.6. The monoisotopic (exact) mass is 282 g/mol. The molecule has 1 unspecified atom stereocenters. The molecule has 1 rings (SSSR count). The van der Waals surface area contributed by atoms with Crippen LogP contribution in [0, 0.1) is 0 Å². The Balaban J connectivity index is 2.04. The molecule has 0 fully saturated rings. The van der Waals surface area contributed by atoms with Crippen LogP contribution in [0.4, 0.5) is 4.79 Å². The highest BCUT2D eigenvalue weighted by Gasteiger charge is 2.12. The summed E-state index contributed by atoms with van der Waals surface area (Å²) in [6, 6.07) is 8.77. The smallest absolute Gasteiger partial charge is 0.332 e. The largest absolute Gasteiger partial charge is 0.492 e. The summed E-state index contributed by atoms with van der Waals surface area (Å²) in [5.74, 6) is -0.581. The molecule has 0 heterocycles. The zero-order chi connectivity index (χ0) is 14.8. The van der Waals surface area contributed by atoms with Crippen molar-refractivity contribution in [1.82, 2.24) is 10.6 Å². The van der Waals surface area contributed by atoms with E-state index in [0.29, 0.717) is 13.2 Å². The number of hydrogen-bond acceptors (Lipinski definition) is 4. The number of rotatable bonds is 8. The number of aliphatic carboxylic acids is 1. The maximum atomic E-state index is 11.3. The van der Waals surface area contributed by atoms with Gasteiger partial charge in [-0.3, -0.25) is 0 Å². The zero-order valence-electron chi connectivity index (χ0n) is 10.9. The van der Waals surface area contributed by atoms with Crippen LogP contribution in [0.3, 0.4) is 0 Å². The summed E-state index contributed by atoms with van der Waals surface area (Å²) in [5, 5.41) is 22.4. The maximum Gasteiger partial charge on any atom is 0.332 e. The Morgan fingerprint density at radius 1 is 1.15 bits per heavy atom. The van der Waals surface area contributed by atoms with Gasteiger partial charge in [-0.05, 0) is 12.1 Å².